The molecule has 1 aromatic carbocycles. The maximum Gasteiger partial charge on any atom is 0.223 e. The van der Waals surface area contributed by atoms with Gasteiger partial charge in [0.15, 0.2) is 0 Å². The van der Waals surface area contributed by atoms with E-state index >= 15 is 0 Å². The number of benzene rings is 1. The monoisotopic (exact) mass is 543 g/mol. The maximum absolute atomic E-state index is 5.40. The quantitative estimate of drug-likeness (QED) is 0.164. The fourth-order valence-corrected chi connectivity index (χ4v) is 4.43. The van der Waals surface area contributed by atoms with E-state index in [0.717, 1.165) is 111 Å². The minimum atomic E-state index is 0.611. The van der Waals surface area contributed by atoms with Crippen molar-refractivity contribution in [1.82, 2.24) is 25.5 Å². The van der Waals surface area contributed by atoms with Gasteiger partial charge in [0, 0.05) is 80.2 Å². The minimum absolute atomic E-state index is 0.611. The number of nitrogens with one attached hydrogen (secondary N) is 4. The highest BCUT2D eigenvalue weighted by Gasteiger charge is 2.09. The van der Waals surface area contributed by atoms with Crippen molar-refractivity contribution in [1.29, 1.82) is 0 Å². The molecular weight excluding hydrogens is 498 g/mol. The first-order chi connectivity index (χ1) is 19.4. The third-order valence-electron chi connectivity index (χ3n) is 6.61. The van der Waals surface area contributed by atoms with Gasteiger partial charge >= 0.3 is 0 Å². The van der Waals surface area contributed by atoms with Gasteiger partial charge in [-0.15, -0.1) is 0 Å². The Morgan fingerprint density at radius 3 is 2.48 bits per heavy atom. The molecule has 0 radical (unpaired) electrons. The van der Waals surface area contributed by atoms with Crippen LogP contribution in [-0.2, 0) is 4.74 Å². The number of anilines is 2. The Morgan fingerprint density at radius 1 is 1.02 bits per heavy atom. The standard InChI is InChI=1S/C32H45N7O/c1-7-25(4)31(24(2)3)27(6)34-14-8-15-35-32-36-16-13-30(38-32)28-9-11-29(12-10-28)37-26(5)23-33-17-18-39-19-21-40-22-20-39/h7,9-13,16,33-34,37H,1-2,5-6,8,14-15,17-23H2,3-4H3,(H,35,36,38)/b31-25+. The van der Waals surface area contributed by atoms with Crippen LogP contribution in [0.5, 0.6) is 0 Å². The summed E-state index contributed by atoms with van der Waals surface area (Å²) in [5, 5.41) is 13.5. The molecule has 8 heteroatoms. The molecule has 1 aromatic heterocycles. The van der Waals surface area contributed by atoms with Gasteiger partial charge in [-0.25, -0.2) is 9.97 Å². The molecule has 0 aliphatic carbocycles. The third-order valence-corrected chi connectivity index (χ3v) is 6.61. The summed E-state index contributed by atoms with van der Waals surface area (Å²) in [6, 6.07) is 10.1. The van der Waals surface area contributed by atoms with E-state index in [1.807, 2.05) is 38.1 Å². The zero-order valence-corrected chi connectivity index (χ0v) is 24.2. The van der Waals surface area contributed by atoms with Crippen molar-refractivity contribution in [3.63, 3.8) is 0 Å². The van der Waals surface area contributed by atoms with Crippen molar-refractivity contribution in [2.24, 2.45) is 0 Å². The molecule has 2 heterocycles. The lowest BCUT2D eigenvalue weighted by Gasteiger charge is -2.26. The predicted octanol–water partition coefficient (Wildman–Crippen LogP) is 4.97. The van der Waals surface area contributed by atoms with E-state index in [1.54, 1.807) is 6.20 Å². The molecule has 1 fully saturated rings. The average molecular weight is 544 g/mol. The highest BCUT2D eigenvalue weighted by molar-refractivity contribution is 5.64. The van der Waals surface area contributed by atoms with Crippen LogP contribution in [0.25, 0.3) is 11.3 Å². The van der Waals surface area contributed by atoms with Gasteiger partial charge in [-0.05, 0) is 49.6 Å². The summed E-state index contributed by atoms with van der Waals surface area (Å²) >= 11 is 0. The number of rotatable bonds is 17. The van der Waals surface area contributed by atoms with E-state index in [1.165, 1.54) is 0 Å². The summed E-state index contributed by atoms with van der Waals surface area (Å²) in [4.78, 5) is 11.5. The smallest absolute Gasteiger partial charge is 0.223 e. The number of ether oxygens (including phenoxy) is 1. The van der Waals surface area contributed by atoms with Crippen molar-refractivity contribution < 1.29 is 4.74 Å². The van der Waals surface area contributed by atoms with Crippen molar-refractivity contribution in [2.75, 3.05) is 69.7 Å². The van der Waals surface area contributed by atoms with Crippen LogP contribution in [0.15, 0.2) is 97.0 Å². The Bertz CT molecular complexity index is 1180. The summed E-state index contributed by atoms with van der Waals surface area (Å²) < 4.78 is 5.40. The van der Waals surface area contributed by atoms with Crippen LogP contribution in [0.2, 0.25) is 0 Å². The molecule has 1 saturated heterocycles. The lowest BCUT2D eigenvalue weighted by atomic mass is 10.0. The van der Waals surface area contributed by atoms with Crippen molar-refractivity contribution >= 4 is 11.6 Å². The van der Waals surface area contributed by atoms with Gasteiger partial charge in [0.25, 0.3) is 0 Å². The van der Waals surface area contributed by atoms with Gasteiger partial charge in [-0.2, -0.15) is 0 Å². The van der Waals surface area contributed by atoms with E-state index in [-0.39, 0.29) is 0 Å². The van der Waals surface area contributed by atoms with Crippen molar-refractivity contribution in [3.8, 4) is 11.3 Å². The molecule has 214 valence electrons. The molecule has 0 amide bonds. The first kappa shape index (κ1) is 30.8. The lowest BCUT2D eigenvalue weighted by Crippen LogP contribution is -2.40. The zero-order chi connectivity index (χ0) is 28.7. The average Bonchev–Trinajstić information content (AvgIpc) is 2.96. The Hall–Kier alpha value is -3.72. The first-order valence-corrected chi connectivity index (χ1v) is 13.9. The predicted molar refractivity (Wildman–Crippen MR) is 168 cm³/mol. The molecule has 0 bridgehead atoms. The van der Waals surface area contributed by atoms with Gasteiger partial charge in [0.05, 0.1) is 18.9 Å². The van der Waals surface area contributed by atoms with Gasteiger partial charge in [0.1, 0.15) is 0 Å². The van der Waals surface area contributed by atoms with Gasteiger partial charge < -0.3 is 26.0 Å². The maximum atomic E-state index is 5.40. The van der Waals surface area contributed by atoms with E-state index in [9.17, 15) is 0 Å². The van der Waals surface area contributed by atoms with Gasteiger partial charge in [0.2, 0.25) is 5.95 Å². The molecule has 1 aliphatic rings. The molecule has 0 atom stereocenters. The molecule has 2 aromatic rings. The topological polar surface area (TPSA) is 86.4 Å². The Kier molecular flexibility index (Phi) is 12.6. The number of nitrogens with zero attached hydrogens (tertiary/aromatic N) is 3. The Balaban J connectivity index is 1.40. The Morgan fingerprint density at radius 2 is 1.77 bits per heavy atom. The van der Waals surface area contributed by atoms with Crippen LogP contribution < -0.4 is 21.3 Å². The number of hydrogen-bond acceptors (Lipinski definition) is 8. The number of morpholine rings is 1. The fourth-order valence-electron chi connectivity index (χ4n) is 4.43. The van der Waals surface area contributed by atoms with Crippen LogP contribution >= 0.6 is 0 Å². The second-order valence-electron chi connectivity index (χ2n) is 9.93. The van der Waals surface area contributed by atoms with Crippen molar-refractivity contribution in [3.05, 3.63) is 97.0 Å². The molecular formula is C32H45N7O. The zero-order valence-electron chi connectivity index (χ0n) is 24.2. The summed E-state index contributed by atoms with van der Waals surface area (Å²) in [5.74, 6) is 0.611. The van der Waals surface area contributed by atoms with Crippen LogP contribution in [0.3, 0.4) is 0 Å². The third kappa shape index (κ3) is 10.1. The number of hydrogen-bond donors (Lipinski definition) is 4. The molecule has 0 spiro atoms. The van der Waals surface area contributed by atoms with E-state index in [0.29, 0.717) is 5.95 Å². The summed E-state index contributed by atoms with van der Waals surface area (Å²) in [6.45, 7) is 28.1. The lowest BCUT2D eigenvalue weighted by molar-refractivity contribution is 0.0385. The van der Waals surface area contributed by atoms with Crippen LogP contribution in [0.4, 0.5) is 11.6 Å². The van der Waals surface area contributed by atoms with Crippen molar-refractivity contribution in [2.45, 2.75) is 20.3 Å². The number of aromatic nitrogens is 2. The summed E-state index contributed by atoms with van der Waals surface area (Å²) in [7, 11) is 0. The second kappa shape index (κ2) is 16.4. The molecule has 1 aliphatic heterocycles. The molecule has 40 heavy (non-hydrogen) atoms. The summed E-state index contributed by atoms with van der Waals surface area (Å²) in [6.07, 6.45) is 4.50. The number of allylic oxidation sites excluding steroid dienone is 3. The van der Waals surface area contributed by atoms with Gasteiger partial charge in [-0.3, -0.25) is 4.90 Å². The fraction of sp³-hybridized carbons (Fsp3) is 0.375. The molecule has 4 N–H and O–H groups in total. The van der Waals surface area contributed by atoms with Crippen LogP contribution in [-0.4, -0.2) is 73.9 Å². The normalized spacial score (nSPS) is 14.2. The summed E-state index contributed by atoms with van der Waals surface area (Å²) in [5.41, 5.74) is 7.76. The Labute approximate surface area is 240 Å². The highest BCUT2D eigenvalue weighted by atomic mass is 16.5. The minimum Gasteiger partial charge on any atom is -0.385 e. The molecule has 3 rings (SSSR count). The first-order valence-electron chi connectivity index (χ1n) is 13.9. The largest absolute Gasteiger partial charge is 0.385 e. The van der Waals surface area contributed by atoms with Gasteiger partial charge in [-0.1, -0.05) is 44.5 Å². The van der Waals surface area contributed by atoms with E-state index in [4.69, 9.17) is 9.72 Å². The van der Waals surface area contributed by atoms with E-state index in [2.05, 4.69) is 69.6 Å². The van der Waals surface area contributed by atoms with Crippen LogP contribution in [0, 0.1) is 0 Å². The SMILES string of the molecule is C=C/C(C)=C(\C(=C)C)C(=C)NCCCNc1nccc(-c2ccc(NC(=C)CNCCN3CCOCC3)cc2)n1. The second-order valence-corrected chi connectivity index (χ2v) is 9.93. The highest BCUT2D eigenvalue weighted by Crippen LogP contribution is 2.21. The molecule has 0 unspecified atom stereocenters. The molecule has 0 saturated carbocycles. The molecule has 8 nitrogen and oxygen atoms in total. The van der Waals surface area contributed by atoms with E-state index < -0.39 is 0 Å². The van der Waals surface area contributed by atoms with Crippen LogP contribution in [0.1, 0.15) is 20.3 Å².